The van der Waals surface area contributed by atoms with Crippen molar-refractivity contribution in [3.05, 3.63) is 126 Å². The molecule has 8 nitrogen and oxygen atoms in total. The number of sulfonamides is 1. The number of benzene rings is 4. The molecule has 1 N–H and O–H groups in total. The van der Waals surface area contributed by atoms with Gasteiger partial charge in [-0.3, -0.25) is 13.9 Å². The zero-order chi connectivity index (χ0) is 33.3. The van der Waals surface area contributed by atoms with Crippen molar-refractivity contribution < 1.29 is 27.1 Å². The van der Waals surface area contributed by atoms with Crippen LogP contribution in [0.5, 0.6) is 5.75 Å². The van der Waals surface area contributed by atoms with Crippen molar-refractivity contribution in [2.75, 3.05) is 18.0 Å². The van der Waals surface area contributed by atoms with Crippen LogP contribution < -0.4 is 14.4 Å². The van der Waals surface area contributed by atoms with E-state index in [1.807, 2.05) is 51.1 Å². The minimum Gasteiger partial charge on any atom is -0.495 e. The molecule has 0 fully saturated rings. The normalized spacial score (nSPS) is 12.5. The van der Waals surface area contributed by atoms with Gasteiger partial charge in [-0.2, -0.15) is 0 Å². The predicted octanol–water partition coefficient (Wildman–Crippen LogP) is 5.89. The molecule has 2 amide bonds. The molecule has 4 aromatic rings. The van der Waals surface area contributed by atoms with Gasteiger partial charge in [-0.1, -0.05) is 79.2 Å². The molecule has 2 unspecified atom stereocenters. The van der Waals surface area contributed by atoms with E-state index in [9.17, 15) is 22.4 Å². The first-order chi connectivity index (χ1) is 22.0. The summed E-state index contributed by atoms with van der Waals surface area (Å²) in [5, 5.41) is 3.00. The first-order valence-corrected chi connectivity index (χ1v) is 16.6. The largest absolute Gasteiger partial charge is 0.495 e. The number of hydrogen-bond acceptors (Lipinski definition) is 5. The maximum Gasteiger partial charge on any atom is 0.264 e. The standard InChI is InChI=1S/C36H40FN3O5S/c1-5-27(3)38-36(42)33(23-28-11-7-6-8-12-28)39(24-29-17-19-30(37)20-18-29)35(41)25-40(32-13-9-10-14-34(32)45-4)46(43,44)31-21-15-26(2)16-22-31/h6-22,27,33H,5,23-25H2,1-4H3,(H,38,42). The Morgan fingerprint density at radius 3 is 2.13 bits per heavy atom. The summed E-state index contributed by atoms with van der Waals surface area (Å²) in [6.07, 6.45) is 0.849. The van der Waals surface area contributed by atoms with Gasteiger partial charge in [-0.05, 0) is 67.8 Å². The van der Waals surface area contributed by atoms with Crippen LogP contribution in [-0.2, 0) is 32.6 Å². The molecule has 0 radical (unpaired) electrons. The molecule has 0 spiro atoms. The minimum absolute atomic E-state index is 0.00256. The maximum absolute atomic E-state index is 14.5. The van der Waals surface area contributed by atoms with E-state index in [2.05, 4.69) is 5.32 Å². The Labute approximate surface area is 270 Å². The lowest BCUT2D eigenvalue weighted by Crippen LogP contribution is -2.54. The summed E-state index contributed by atoms with van der Waals surface area (Å²) in [5.41, 5.74) is 2.44. The van der Waals surface area contributed by atoms with Gasteiger partial charge in [0.25, 0.3) is 10.0 Å². The Hall–Kier alpha value is -4.70. The van der Waals surface area contributed by atoms with Gasteiger partial charge in [0.05, 0.1) is 17.7 Å². The number of anilines is 1. The summed E-state index contributed by atoms with van der Waals surface area (Å²) >= 11 is 0. The van der Waals surface area contributed by atoms with Crippen molar-refractivity contribution in [2.45, 2.75) is 57.1 Å². The van der Waals surface area contributed by atoms with Crippen molar-refractivity contribution in [3.63, 3.8) is 0 Å². The second kappa shape index (κ2) is 15.5. The molecule has 0 bridgehead atoms. The Morgan fingerprint density at radius 1 is 0.870 bits per heavy atom. The smallest absolute Gasteiger partial charge is 0.264 e. The van der Waals surface area contributed by atoms with Gasteiger partial charge >= 0.3 is 0 Å². The summed E-state index contributed by atoms with van der Waals surface area (Å²) in [6.45, 7) is 4.98. The fraction of sp³-hybridized carbons (Fsp3) is 0.278. The summed E-state index contributed by atoms with van der Waals surface area (Å²) in [4.78, 5) is 29.8. The number of nitrogens with zero attached hydrogens (tertiary/aromatic N) is 2. The molecule has 0 aliphatic heterocycles. The third-order valence-electron chi connectivity index (χ3n) is 7.78. The molecule has 0 aromatic heterocycles. The maximum atomic E-state index is 14.5. The monoisotopic (exact) mass is 645 g/mol. The van der Waals surface area contributed by atoms with Crippen LogP contribution >= 0.6 is 0 Å². The summed E-state index contributed by atoms with van der Waals surface area (Å²) in [5.74, 6) is -1.18. The second-order valence-electron chi connectivity index (χ2n) is 11.2. The summed E-state index contributed by atoms with van der Waals surface area (Å²) in [7, 11) is -2.86. The highest BCUT2D eigenvalue weighted by Crippen LogP contribution is 2.33. The average Bonchev–Trinajstić information content (AvgIpc) is 3.06. The second-order valence-corrected chi connectivity index (χ2v) is 13.0. The number of nitrogens with one attached hydrogen (secondary N) is 1. The van der Waals surface area contributed by atoms with Gasteiger partial charge in [0.15, 0.2) is 0 Å². The topological polar surface area (TPSA) is 96.0 Å². The zero-order valence-electron chi connectivity index (χ0n) is 26.5. The van der Waals surface area contributed by atoms with Crippen LogP contribution in [0.4, 0.5) is 10.1 Å². The van der Waals surface area contributed by atoms with Gasteiger partial charge in [0.2, 0.25) is 11.8 Å². The van der Waals surface area contributed by atoms with E-state index in [0.29, 0.717) is 12.0 Å². The van der Waals surface area contributed by atoms with Crippen molar-refractivity contribution in [1.82, 2.24) is 10.2 Å². The number of ether oxygens (including phenoxy) is 1. The van der Waals surface area contributed by atoms with E-state index in [0.717, 1.165) is 15.4 Å². The van der Waals surface area contributed by atoms with Crippen molar-refractivity contribution in [2.24, 2.45) is 0 Å². The van der Waals surface area contributed by atoms with E-state index in [-0.39, 0.29) is 41.2 Å². The lowest BCUT2D eigenvalue weighted by atomic mass is 10.0. The minimum atomic E-state index is -4.28. The first kappa shape index (κ1) is 34.2. The number of methoxy groups -OCH3 is 1. The SMILES string of the molecule is CCC(C)NC(=O)C(Cc1ccccc1)N(Cc1ccc(F)cc1)C(=O)CN(c1ccccc1OC)S(=O)(=O)c1ccc(C)cc1. The number of para-hydroxylation sites is 2. The Bertz CT molecular complexity index is 1720. The average molecular weight is 646 g/mol. The molecule has 242 valence electrons. The number of aryl methyl sites for hydroxylation is 1. The number of halogens is 1. The Morgan fingerprint density at radius 2 is 1.50 bits per heavy atom. The number of rotatable bonds is 14. The van der Waals surface area contributed by atoms with E-state index in [4.69, 9.17) is 4.74 Å². The highest BCUT2D eigenvalue weighted by molar-refractivity contribution is 7.92. The fourth-order valence-electron chi connectivity index (χ4n) is 4.97. The third-order valence-corrected chi connectivity index (χ3v) is 9.55. The van der Waals surface area contributed by atoms with Crippen molar-refractivity contribution in [1.29, 1.82) is 0 Å². The Kier molecular flexibility index (Phi) is 11.5. The molecular weight excluding hydrogens is 605 g/mol. The predicted molar refractivity (Wildman–Crippen MR) is 177 cm³/mol. The number of carbonyl (C=O) groups is 2. The van der Waals surface area contributed by atoms with E-state index in [1.54, 1.807) is 48.5 Å². The van der Waals surface area contributed by atoms with Crippen molar-refractivity contribution >= 4 is 27.5 Å². The van der Waals surface area contributed by atoms with Crippen LogP contribution in [0.25, 0.3) is 0 Å². The van der Waals surface area contributed by atoms with E-state index >= 15 is 0 Å². The molecule has 0 heterocycles. The van der Waals surface area contributed by atoms with Gasteiger partial charge in [-0.15, -0.1) is 0 Å². The summed E-state index contributed by atoms with van der Waals surface area (Å²) < 4.78 is 48.8. The fourth-order valence-corrected chi connectivity index (χ4v) is 6.39. The molecule has 0 saturated heterocycles. The molecule has 0 saturated carbocycles. The van der Waals surface area contributed by atoms with E-state index < -0.39 is 34.3 Å². The lowest BCUT2D eigenvalue weighted by Gasteiger charge is -2.34. The molecule has 10 heteroatoms. The zero-order valence-corrected chi connectivity index (χ0v) is 27.3. The molecular formula is C36H40FN3O5S. The van der Waals surface area contributed by atoms with Gasteiger partial charge in [0, 0.05) is 19.0 Å². The van der Waals surface area contributed by atoms with Gasteiger partial charge < -0.3 is 15.0 Å². The molecule has 2 atom stereocenters. The highest BCUT2D eigenvalue weighted by Gasteiger charge is 2.35. The molecule has 4 rings (SSSR count). The summed E-state index contributed by atoms with van der Waals surface area (Å²) in [6, 6.07) is 26.7. The molecule has 0 aliphatic carbocycles. The first-order valence-electron chi connectivity index (χ1n) is 15.1. The van der Waals surface area contributed by atoms with E-state index in [1.165, 1.54) is 36.3 Å². The highest BCUT2D eigenvalue weighted by atomic mass is 32.2. The number of amides is 2. The van der Waals surface area contributed by atoms with Gasteiger partial charge in [0.1, 0.15) is 24.2 Å². The molecule has 0 aliphatic rings. The van der Waals surface area contributed by atoms with Crippen LogP contribution in [0.15, 0.2) is 108 Å². The number of hydrogen-bond donors (Lipinski definition) is 1. The number of carbonyl (C=O) groups excluding carboxylic acids is 2. The van der Waals surface area contributed by atoms with Crippen LogP contribution in [0.2, 0.25) is 0 Å². The quantitative estimate of drug-likeness (QED) is 0.185. The van der Waals surface area contributed by atoms with Gasteiger partial charge in [-0.25, -0.2) is 12.8 Å². The van der Waals surface area contributed by atoms with Crippen LogP contribution in [-0.4, -0.2) is 50.9 Å². The van der Waals surface area contributed by atoms with Crippen LogP contribution in [0.3, 0.4) is 0 Å². The van der Waals surface area contributed by atoms with Crippen LogP contribution in [0, 0.1) is 12.7 Å². The lowest BCUT2D eigenvalue weighted by molar-refractivity contribution is -0.140. The van der Waals surface area contributed by atoms with Crippen molar-refractivity contribution in [3.8, 4) is 5.75 Å². The third kappa shape index (κ3) is 8.51. The van der Waals surface area contributed by atoms with Crippen LogP contribution in [0.1, 0.15) is 37.0 Å². The molecule has 46 heavy (non-hydrogen) atoms. The molecule has 4 aromatic carbocycles. The Balaban J connectivity index is 1.83.